The van der Waals surface area contributed by atoms with Gasteiger partial charge >= 0.3 is 0 Å². The predicted molar refractivity (Wildman–Crippen MR) is 134 cm³/mol. The lowest BCUT2D eigenvalue weighted by Crippen LogP contribution is -2.56. The van der Waals surface area contributed by atoms with E-state index in [1.165, 1.54) is 28.7 Å². The molecular weight excluding hydrogens is 512 g/mol. The van der Waals surface area contributed by atoms with Crippen molar-refractivity contribution in [2.45, 2.75) is 31.3 Å². The number of halogens is 1. The summed E-state index contributed by atoms with van der Waals surface area (Å²) in [4.78, 5) is 32.9. The molecule has 1 aliphatic carbocycles. The van der Waals surface area contributed by atoms with Gasteiger partial charge in [-0.25, -0.2) is 8.42 Å². The Bertz CT molecular complexity index is 1090. The molecule has 1 aromatic rings. The molecule has 3 unspecified atom stereocenters. The first-order chi connectivity index (χ1) is 16.8. The smallest absolute Gasteiger partial charge is 0.242 e. The Morgan fingerprint density at radius 3 is 2.80 bits per heavy atom. The molecule has 35 heavy (non-hydrogen) atoms. The van der Waals surface area contributed by atoms with Crippen molar-refractivity contribution in [3.8, 4) is 0 Å². The number of sulfonamides is 1. The van der Waals surface area contributed by atoms with E-state index in [1.54, 1.807) is 12.1 Å². The highest BCUT2D eigenvalue weighted by atomic mass is 35.5. The average molecular weight is 543 g/mol. The molecule has 0 aromatic carbocycles. The molecule has 0 bridgehead atoms. The number of likely N-dealkylation sites (tertiary alicyclic amines) is 2. The zero-order valence-electron chi connectivity index (χ0n) is 19.5. The maximum absolute atomic E-state index is 13.3. The number of carbonyl (C=O) groups is 2. The molecule has 4 heterocycles. The molecule has 4 aliphatic rings. The van der Waals surface area contributed by atoms with Crippen LogP contribution in [-0.4, -0.2) is 99.5 Å². The Labute approximate surface area is 215 Å². The highest BCUT2D eigenvalue weighted by Gasteiger charge is 2.54. The minimum absolute atomic E-state index is 0.000351. The van der Waals surface area contributed by atoms with Crippen LogP contribution in [0.25, 0.3) is 6.08 Å². The molecule has 3 saturated heterocycles. The summed E-state index contributed by atoms with van der Waals surface area (Å²) in [6, 6.07) is 2.75. The lowest BCUT2D eigenvalue weighted by atomic mass is 10.1. The monoisotopic (exact) mass is 542 g/mol. The topological polar surface area (TPSA) is 99.3 Å². The maximum Gasteiger partial charge on any atom is 0.242 e. The highest BCUT2D eigenvalue weighted by Crippen LogP contribution is 2.49. The van der Waals surface area contributed by atoms with Crippen LogP contribution < -0.4 is 4.72 Å². The van der Waals surface area contributed by atoms with Gasteiger partial charge in [0.1, 0.15) is 6.04 Å². The van der Waals surface area contributed by atoms with Gasteiger partial charge < -0.3 is 14.5 Å². The van der Waals surface area contributed by atoms with E-state index in [9.17, 15) is 18.0 Å². The number of carbonyl (C=O) groups excluding carboxylic acids is 2. The molecule has 4 atom stereocenters. The summed E-state index contributed by atoms with van der Waals surface area (Å²) in [5.41, 5.74) is 0. The van der Waals surface area contributed by atoms with Gasteiger partial charge in [-0.1, -0.05) is 11.6 Å². The van der Waals surface area contributed by atoms with Crippen molar-refractivity contribution < 1.29 is 22.7 Å². The summed E-state index contributed by atoms with van der Waals surface area (Å²) in [7, 11) is -3.82. The first-order valence-electron chi connectivity index (χ1n) is 12.1. The van der Waals surface area contributed by atoms with E-state index in [4.69, 9.17) is 16.3 Å². The van der Waals surface area contributed by atoms with Gasteiger partial charge in [0.2, 0.25) is 21.8 Å². The Balaban J connectivity index is 1.17. The molecule has 2 amide bonds. The number of piperidine rings is 2. The molecule has 1 aromatic heterocycles. The quantitative estimate of drug-likeness (QED) is 0.534. The van der Waals surface area contributed by atoms with Crippen LogP contribution in [0, 0.1) is 11.8 Å². The molecule has 12 heteroatoms. The van der Waals surface area contributed by atoms with E-state index in [0.29, 0.717) is 40.4 Å². The summed E-state index contributed by atoms with van der Waals surface area (Å²) < 4.78 is 33.6. The number of amides is 2. The number of thiophene rings is 1. The summed E-state index contributed by atoms with van der Waals surface area (Å²) in [6.45, 7) is 5.30. The number of rotatable bonds is 8. The van der Waals surface area contributed by atoms with Gasteiger partial charge in [-0.3, -0.25) is 14.5 Å². The minimum Gasteiger partial charge on any atom is -0.379 e. The second-order valence-electron chi connectivity index (χ2n) is 9.75. The van der Waals surface area contributed by atoms with Gasteiger partial charge in [-0.15, -0.1) is 11.3 Å². The van der Waals surface area contributed by atoms with Crippen LogP contribution in [-0.2, 0) is 24.3 Å². The third-order valence-corrected chi connectivity index (χ3v) is 9.64. The lowest BCUT2D eigenvalue weighted by molar-refractivity contribution is -0.144. The molecule has 0 radical (unpaired) electrons. The van der Waals surface area contributed by atoms with Gasteiger partial charge in [-0.05, 0) is 49.3 Å². The predicted octanol–water partition coefficient (Wildman–Crippen LogP) is 1.46. The molecule has 1 saturated carbocycles. The largest absolute Gasteiger partial charge is 0.379 e. The Morgan fingerprint density at radius 2 is 2.06 bits per heavy atom. The number of nitrogens with zero attached hydrogens (tertiary/aromatic N) is 3. The highest BCUT2D eigenvalue weighted by molar-refractivity contribution is 7.92. The van der Waals surface area contributed by atoms with E-state index in [0.717, 1.165) is 44.8 Å². The van der Waals surface area contributed by atoms with E-state index >= 15 is 0 Å². The summed E-state index contributed by atoms with van der Waals surface area (Å²) in [6.07, 6.45) is 3.69. The van der Waals surface area contributed by atoms with Gasteiger partial charge in [-0.2, -0.15) is 4.72 Å². The van der Waals surface area contributed by atoms with Crippen molar-refractivity contribution in [2.24, 2.45) is 11.8 Å². The minimum atomic E-state index is -3.82. The third kappa shape index (κ3) is 6.08. The van der Waals surface area contributed by atoms with Crippen LogP contribution in [0.1, 0.15) is 24.1 Å². The van der Waals surface area contributed by atoms with E-state index in [2.05, 4.69) is 9.62 Å². The molecule has 5 rings (SSSR count). The van der Waals surface area contributed by atoms with Crippen LogP contribution in [0.2, 0.25) is 4.34 Å². The van der Waals surface area contributed by atoms with Crippen LogP contribution in [0.15, 0.2) is 17.5 Å². The third-order valence-electron chi connectivity index (χ3n) is 7.34. The van der Waals surface area contributed by atoms with Gasteiger partial charge in [0, 0.05) is 49.1 Å². The van der Waals surface area contributed by atoms with E-state index in [1.807, 2.05) is 4.90 Å². The number of hydrogen-bond donors (Lipinski definition) is 1. The fourth-order valence-electron chi connectivity index (χ4n) is 5.41. The van der Waals surface area contributed by atoms with Gasteiger partial charge in [0.25, 0.3) is 0 Å². The number of fused-ring (bicyclic) bond motifs is 1. The molecular formula is C23H31ClN4O5S2. The normalized spacial score (nSPS) is 29.7. The maximum atomic E-state index is 13.3. The summed E-state index contributed by atoms with van der Waals surface area (Å²) in [5.74, 6) is 0.756. The zero-order valence-corrected chi connectivity index (χ0v) is 21.9. The van der Waals surface area contributed by atoms with Crippen molar-refractivity contribution in [3.05, 3.63) is 26.8 Å². The Kier molecular flexibility index (Phi) is 7.53. The molecule has 4 fully saturated rings. The van der Waals surface area contributed by atoms with Crippen molar-refractivity contribution in [3.63, 3.8) is 0 Å². The summed E-state index contributed by atoms with van der Waals surface area (Å²) in [5, 5.41) is 1.05. The van der Waals surface area contributed by atoms with Gasteiger partial charge in [0.05, 0.1) is 24.1 Å². The molecule has 3 aliphatic heterocycles. The number of morpholine rings is 1. The van der Waals surface area contributed by atoms with E-state index in [-0.39, 0.29) is 24.4 Å². The first-order valence-corrected chi connectivity index (χ1v) is 14.9. The molecule has 1 N–H and O–H groups in total. The fraction of sp³-hybridized carbons (Fsp3) is 0.652. The molecule has 0 spiro atoms. The van der Waals surface area contributed by atoms with Crippen LogP contribution in [0.3, 0.4) is 0 Å². The second-order valence-corrected chi connectivity index (χ2v) is 13.1. The fourth-order valence-corrected chi connectivity index (χ4v) is 7.48. The SMILES string of the molecule is O=C1[C@@H](NS(=O)(=O)C=Cc2ccc(Cl)s2)CCCN1CC(=O)N1CC2CC2C1CN1CCOCC1. The zero-order chi connectivity index (χ0) is 24.6. The number of nitrogens with one attached hydrogen (secondary N) is 1. The van der Waals surface area contributed by atoms with Crippen LogP contribution in [0.5, 0.6) is 0 Å². The molecule has 192 valence electrons. The van der Waals surface area contributed by atoms with Crippen molar-refractivity contribution in [1.29, 1.82) is 0 Å². The van der Waals surface area contributed by atoms with Crippen molar-refractivity contribution >= 4 is 50.9 Å². The van der Waals surface area contributed by atoms with Crippen LogP contribution in [0.4, 0.5) is 0 Å². The standard InChI is InChI=1S/C23H31ClN4O5S2/c24-21-4-3-17(34-21)5-11-35(31,32)25-19-2-1-6-27(23(19)30)15-22(29)28-13-16-12-18(16)20(28)14-26-7-9-33-10-8-26/h3-5,11,16,18-20,25H,1-2,6-10,12-15H2/t16?,18?,19-,20?/m0/s1. The lowest BCUT2D eigenvalue weighted by Gasteiger charge is -2.37. The van der Waals surface area contributed by atoms with Crippen molar-refractivity contribution in [2.75, 3.05) is 52.5 Å². The summed E-state index contributed by atoms with van der Waals surface area (Å²) >= 11 is 7.16. The number of ether oxygens (including phenoxy) is 1. The second kappa shape index (κ2) is 10.5. The van der Waals surface area contributed by atoms with Gasteiger partial charge in [0.15, 0.2) is 0 Å². The van der Waals surface area contributed by atoms with Crippen LogP contribution >= 0.6 is 22.9 Å². The first kappa shape index (κ1) is 25.2. The van der Waals surface area contributed by atoms with E-state index < -0.39 is 16.1 Å². The Morgan fingerprint density at radius 1 is 1.26 bits per heavy atom. The molecule has 9 nitrogen and oxygen atoms in total. The van der Waals surface area contributed by atoms with Crippen molar-refractivity contribution in [1.82, 2.24) is 19.4 Å². The Hall–Kier alpha value is -1.50. The average Bonchev–Trinajstić information content (AvgIpc) is 3.33. The number of hydrogen-bond acceptors (Lipinski definition) is 7.